The lowest BCUT2D eigenvalue weighted by atomic mass is 10.1. The van der Waals surface area contributed by atoms with E-state index in [2.05, 4.69) is 20.9 Å². The van der Waals surface area contributed by atoms with E-state index in [4.69, 9.17) is 10.1 Å². The monoisotopic (exact) mass is 373 g/mol. The van der Waals surface area contributed by atoms with Crippen LogP contribution in [0.5, 0.6) is 0 Å². The predicted octanol–water partition coefficient (Wildman–Crippen LogP) is 4.36. The second-order valence-corrected chi connectivity index (χ2v) is 5.68. The number of esters is 1. The fraction of sp³-hybridized carbons (Fsp3) is 0.118. The minimum atomic E-state index is -0.885. The molecule has 2 rings (SSSR count). The first kappa shape index (κ1) is 16.7. The number of benzene rings is 2. The third-order valence-electron chi connectivity index (χ3n) is 3.04. The smallest absolute Gasteiger partial charge is 0.504 e. The number of diazo groups is 1. The average Bonchev–Trinajstić information content (AvgIpc) is 2.54. The Morgan fingerprint density at radius 2 is 1.83 bits per heavy atom. The van der Waals surface area contributed by atoms with Crippen LogP contribution in [0.3, 0.4) is 0 Å². The first-order valence-electron chi connectivity index (χ1n) is 6.83. The largest absolute Gasteiger partial charge is 0.505 e. The van der Waals surface area contributed by atoms with Crippen molar-refractivity contribution in [1.29, 1.82) is 5.39 Å². The van der Waals surface area contributed by atoms with Crippen LogP contribution in [0.2, 0.25) is 0 Å². The van der Waals surface area contributed by atoms with Crippen molar-refractivity contribution < 1.29 is 14.6 Å². The zero-order valence-electron chi connectivity index (χ0n) is 12.1. The number of rotatable bonds is 5. The highest BCUT2D eigenvalue weighted by atomic mass is 79.9. The molecule has 0 aliphatic carbocycles. The molecule has 0 saturated carbocycles. The van der Waals surface area contributed by atoms with E-state index < -0.39 is 11.7 Å². The van der Waals surface area contributed by atoms with E-state index in [0.717, 1.165) is 15.6 Å². The molecule has 116 valence electrons. The number of ether oxygens (including phenoxy) is 1. The fourth-order valence-electron chi connectivity index (χ4n) is 1.93. The summed E-state index contributed by atoms with van der Waals surface area (Å²) in [5.41, 5.74) is 1.06. The van der Waals surface area contributed by atoms with Crippen LogP contribution >= 0.6 is 15.9 Å². The van der Waals surface area contributed by atoms with Crippen LogP contribution in [0.1, 0.15) is 11.1 Å². The maximum absolute atomic E-state index is 11.9. The normalized spacial score (nSPS) is 11.3. The summed E-state index contributed by atoms with van der Waals surface area (Å²) in [5.74, 6) is -1.24. The Balaban J connectivity index is 2.07. The fourth-order valence-corrected chi connectivity index (χ4v) is 2.38. The van der Waals surface area contributed by atoms with Crippen molar-refractivity contribution >= 4 is 21.9 Å². The Hall–Kier alpha value is -2.65. The number of hydrogen-bond donors (Lipinski definition) is 1. The van der Waals surface area contributed by atoms with Gasteiger partial charge in [0, 0.05) is 10.9 Å². The summed E-state index contributed by atoms with van der Waals surface area (Å²) in [6.45, 7) is 0.0306. The summed E-state index contributed by atoms with van der Waals surface area (Å²) in [6, 6.07) is 16.3. The minimum Gasteiger partial charge on any atom is -0.504 e. The van der Waals surface area contributed by atoms with Crippen LogP contribution < -0.4 is 0 Å². The number of nitrogens with zero attached hydrogens (tertiary/aromatic N) is 2. The number of allylic oxidation sites excluding steroid dienone is 1. The van der Waals surface area contributed by atoms with Crippen LogP contribution in [-0.4, -0.2) is 11.1 Å². The summed E-state index contributed by atoms with van der Waals surface area (Å²) >= 11 is 3.32. The zero-order valence-corrected chi connectivity index (χ0v) is 13.7. The molecule has 0 saturated heterocycles. The van der Waals surface area contributed by atoms with Crippen LogP contribution in [0.25, 0.3) is 4.98 Å². The molecule has 0 bridgehead atoms. The molecule has 0 fully saturated rings. The maximum Gasteiger partial charge on any atom is 0.505 e. The highest BCUT2D eigenvalue weighted by molar-refractivity contribution is 9.10. The van der Waals surface area contributed by atoms with Gasteiger partial charge in [-0.1, -0.05) is 58.4 Å². The third kappa shape index (κ3) is 4.94. The van der Waals surface area contributed by atoms with E-state index in [-0.39, 0.29) is 18.8 Å². The average molecular weight is 374 g/mol. The second-order valence-electron chi connectivity index (χ2n) is 4.76. The van der Waals surface area contributed by atoms with Gasteiger partial charge in [-0.05, 0) is 23.3 Å². The Morgan fingerprint density at radius 3 is 2.48 bits per heavy atom. The van der Waals surface area contributed by atoms with Crippen molar-refractivity contribution in [2.24, 2.45) is 0 Å². The molecular formula is C17H14BrN2O3+. The Kier molecular flexibility index (Phi) is 5.89. The SMILES string of the molecule is N#[N+]/C(C(=O)OCc1ccccc1)=C(/O)Cc1cccc(Br)c1. The molecule has 2 aromatic rings. The van der Waals surface area contributed by atoms with E-state index in [1.54, 1.807) is 30.3 Å². The molecule has 0 amide bonds. The first-order chi connectivity index (χ1) is 11.1. The van der Waals surface area contributed by atoms with E-state index in [9.17, 15) is 9.90 Å². The lowest BCUT2D eigenvalue weighted by Gasteiger charge is -2.02. The lowest BCUT2D eigenvalue weighted by Crippen LogP contribution is -2.09. The summed E-state index contributed by atoms with van der Waals surface area (Å²) in [4.78, 5) is 14.8. The van der Waals surface area contributed by atoms with E-state index in [1.165, 1.54) is 0 Å². The van der Waals surface area contributed by atoms with Crippen LogP contribution in [0.4, 0.5) is 0 Å². The molecular weight excluding hydrogens is 360 g/mol. The second kappa shape index (κ2) is 8.11. The number of aliphatic hydroxyl groups is 1. The van der Waals surface area contributed by atoms with Crippen LogP contribution in [-0.2, 0) is 22.6 Å². The van der Waals surface area contributed by atoms with Crippen molar-refractivity contribution in [3.8, 4) is 0 Å². The molecule has 0 aliphatic heterocycles. The van der Waals surface area contributed by atoms with Gasteiger partial charge in [0.2, 0.25) is 11.2 Å². The number of carbonyl (C=O) groups excluding carboxylic acids is 1. The summed E-state index contributed by atoms with van der Waals surface area (Å²) in [7, 11) is 0. The van der Waals surface area contributed by atoms with Gasteiger partial charge in [-0.2, -0.15) is 0 Å². The predicted molar refractivity (Wildman–Crippen MR) is 88.8 cm³/mol. The molecule has 0 spiro atoms. The van der Waals surface area contributed by atoms with Crippen molar-refractivity contribution in [2.75, 3.05) is 0 Å². The molecule has 0 aromatic heterocycles. The Morgan fingerprint density at radius 1 is 1.13 bits per heavy atom. The molecule has 0 radical (unpaired) electrons. The third-order valence-corrected chi connectivity index (χ3v) is 3.53. The molecule has 0 heterocycles. The summed E-state index contributed by atoms with van der Waals surface area (Å²) in [6.07, 6.45) is 0.0548. The molecule has 23 heavy (non-hydrogen) atoms. The summed E-state index contributed by atoms with van der Waals surface area (Å²) < 4.78 is 5.89. The molecule has 0 atom stereocenters. The van der Waals surface area contributed by atoms with Gasteiger partial charge < -0.3 is 9.84 Å². The van der Waals surface area contributed by atoms with Gasteiger partial charge in [-0.15, -0.1) is 0 Å². The Bertz CT molecular complexity index is 767. The number of hydrogen-bond acceptors (Lipinski definition) is 4. The van der Waals surface area contributed by atoms with Gasteiger partial charge in [0.25, 0.3) is 0 Å². The molecule has 2 aromatic carbocycles. The number of aliphatic hydroxyl groups excluding tert-OH is 1. The van der Waals surface area contributed by atoms with Crippen molar-refractivity contribution in [1.82, 2.24) is 0 Å². The number of carbonyl (C=O) groups is 1. The molecule has 0 aliphatic rings. The van der Waals surface area contributed by atoms with E-state index in [0.29, 0.717) is 0 Å². The molecule has 0 unspecified atom stereocenters. The van der Waals surface area contributed by atoms with Gasteiger partial charge in [0.15, 0.2) is 4.98 Å². The topological polar surface area (TPSA) is 74.7 Å². The zero-order chi connectivity index (χ0) is 16.7. The maximum atomic E-state index is 11.9. The lowest BCUT2D eigenvalue weighted by molar-refractivity contribution is -0.140. The van der Waals surface area contributed by atoms with Crippen LogP contribution in [0.15, 0.2) is 70.5 Å². The van der Waals surface area contributed by atoms with Gasteiger partial charge >= 0.3 is 11.7 Å². The first-order valence-corrected chi connectivity index (χ1v) is 7.62. The van der Waals surface area contributed by atoms with Crippen LogP contribution in [0, 0.1) is 5.39 Å². The summed E-state index contributed by atoms with van der Waals surface area (Å²) in [5, 5.41) is 19.0. The van der Waals surface area contributed by atoms with Gasteiger partial charge in [-0.3, -0.25) is 0 Å². The highest BCUT2D eigenvalue weighted by Gasteiger charge is 2.30. The van der Waals surface area contributed by atoms with E-state index in [1.807, 2.05) is 24.3 Å². The highest BCUT2D eigenvalue weighted by Crippen LogP contribution is 2.17. The standard InChI is InChI=1S/C17H13BrN2O3/c18-14-8-4-7-13(9-14)10-15(21)16(20-19)17(22)23-11-12-5-2-1-3-6-12/h1-9H,10-11H2/p+1. The van der Waals surface area contributed by atoms with E-state index >= 15 is 0 Å². The van der Waals surface area contributed by atoms with Crippen molar-refractivity contribution in [3.05, 3.63) is 86.6 Å². The quantitative estimate of drug-likeness (QED) is 0.365. The van der Waals surface area contributed by atoms with Gasteiger partial charge in [-0.25, -0.2) is 4.79 Å². The van der Waals surface area contributed by atoms with Gasteiger partial charge in [0.05, 0.1) is 0 Å². The molecule has 6 heteroatoms. The minimum absolute atomic E-state index is 0.0306. The van der Waals surface area contributed by atoms with Crippen molar-refractivity contribution in [2.45, 2.75) is 13.0 Å². The Labute approximate surface area is 142 Å². The number of halogens is 1. The molecule has 5 nitrogen and oxygen atoms in total. The molecule has 1 N–H and O–H groups in total. The van der Waals surface area contributed by atoms with Crippen molar-refractivity contribution in [3.63, 3.8) is 0 Å². The van der Waals surface area contributed by atoms with Gasteiger partial charge in [0.1, 0.15) is 6.61 Å².